The summed E-state index contributed by atoms with van der Waals surface area (Å²) in [6.45, 7) is 4.03. The lowest BCUT2D eigenvalue weighted by atomic mass is 10.3. The first kappa shape index (κ1) is 15.5. The monoisotopic (exact) mass is 290 g/mol. The van der Waals surface area contributed by atoms with Crippen molar-refractivity contribution >= 4 is 11.0 Å². The van der Waals surface area contributed by atoms with Crippen LogP contribution in [-0.4, -0.2) is 22.8 Å². The Balaban J connectivity index is 2.00. The van der Waals surface area contributed by atoms with Gasteiger partial charge in [0.2, 0.25) is 0 Å². The van der Waals surface area contributed by atoms with E-state index >= 15 is 0 Å². The fourth-order valence-corrected chi connectivity index (χ4v) is 2.33. The van der Waals surface area contributed by atoms with Gasteiger partial charge >= 0.3 is 11.1 Å². The van der Waals surface area contributed by atoms with Gasteiger partial charge in [-0.3, -0.25) is 9.59 Å². The Morgan fingerprint density at radius 3 is 2.67 bits per heavy atom. The van der Waals surface area contributed by atoms with Gasteiger partial charge < -0.3 is 14.3 Å². The quantitative estimate of drug-likeness (QED) is 0.599. The van der Waals surface area contributed by atoms with E-state index < -0.39 is 11.1 Å². The average molecular weight is 290 g/mol. The largest absolute Gasteiger partial charge is 0.381 e. The molecule has 0 fully saturated rings. The van der Waals surface area contributed by atoms with Crippen molar-refractivity contribution < 1.29 is 4.74 Å². The molecule has 1 aromatic carbocycles. The number of unbranched alkanes of at least 4 members (excludes halogenated alkanes) is 2. The van der Waals surface area contributed by atoms with E-state index in [0.29, 0.717) is 18.7 Å². The summed E-state index contributed by atoms with van der Waals surface area (Å²) in [5, 5.41) is 0. The highest BCUT2D eigenvalue weighted by molar-refractivity contribution is 5.74. The molecule has 2 rings (SSSR count). The van der Waals surface area contributed by atoms with Crippen molar-refractivity contribution in [2.45, 2.75) is 39.2 Å². The fourth-order valence-electron chi connectivity index (χ4n) is 2.33. The fraction of sp³-hybridized carbons (Fsp3) is 0.500. The van der Waals surface area contributed by atoms with Crippen LogP contribution in [-0.2, 0) is 11.3 Å². The van der Waals surface area contributed by atoms with Crippen molar-refractivity contribution in [3.8, 4) is 0 Å². The van der Waals surface area contributed by atoms with Gasteiger partial charge in [-0.25, -0.2) is 0 Å². The van der Waals surface area contributed by atoms with E-state index in [1.807, 2.05) is 18.2 Å². The second kappa shape index (κ2) is 7.78. The molecule has 0 aliphatic rings. The van der Waals surface area contributed by atoms with Crippen molar-refractivity contribution in [2.75, 3.05) is 13.2 Å². The lowest BCUT2D eigenvalue weighted by molar-refractivity contribution is 0.125. The van der Waals surface area contributed by atoms with E-state index in [9.17, 15) is 9.59 Å². The number of aromatic nitrogens is 2. The molecule has 21 heavy (non-hydrogen) atoms. The van der Waals surface area contributed by atoms with Gasteiger partial charge in [0, 0.05) is 19.8 Å². The van der Waals surface area contributed by atoms with Crippen LogP contribution in [0.2, 0.25) is 0 Å². The summed E-state index contributed by atoms with van der Waals surface area (Å²) in [6.07, 6.45) is 4.15. The number of hydrogen-bond acceptors (Lipinski definition) is 3. The van der Waals surface area contributed by atoms with Gasteiger partial charge in [0.25, 0.3) is 0 Å². The van der Waals surface area contributed by atoms with Crippen molar-refractivity contribution in [3.63, 3.8) is 0 Å². The number of fused-ring (bicyclic) bond motifs is 1. The van der Waals surface area contributed by atoms with Crippen molar-refractivity contribution in [1.29, 1.82) is 0 Å². The Labute approximate surface area is 123 Å². The topological polar surface area (TPSA) is 64.1 Å². The first-order valence-electron chi connectivity index (χ1n) is 7.53. The predicted molar refractivity (Wildman–Crippen MR) is 83.8 cm³/mol. The third-order valence-electron chi connectivity index (χ3n) is 3.45. The molecular weight excluding hydrogens is 268 g/mol. The van der Waals surface area contributed by atoms with Crippen LogP contribution in [0.3, 0.4) is 0 Å². The molecule has 0 saturated carbocycles. The number of para-hydroxylation sites is 2. The normalized spacial score (nSPS) is 11.1. The van der Waals surface area contributed by atoms with Gasteiger partial charge in [0.15, 0.2) is 0 Å². The van der Waals surface area contributed by atoms with E-state index in [2.05, 4.69) is 11.9 Å². The first-order valence-corrected chi connectivity index (χ1v) is 7.53. The lowest BCUT2D eigenvalue weighted by Crippen LogP contribution is -2.36. The zero-order valence-electron chi connectivity index (χ0n) is 12.4. The average Bonchev–Trinajstić information content (AvgIpc) is 2.50. The minimum atomic E-state index is -0.572. The molecule has 1 N–H and O–H groups in total. The smallest absolute Gasteiger partial charge is 0.316 e. The van der Waals surface area contributed by atoms with Gasteiger partial charge in [-0.2, -0.15) is 0 Å². The summed E-state index contributed by atoms with van der Waals surface area (Å²) in [6, 6.07) is 7.34. The number of nitrogens with zero attached hydrogens (tertiary/aromatic N) is 1. The summed E-state index contributed by atoms with van der Waals surface area (Å²) >= 11 is 0. The molecule has 2 aromatic rings. The molecule has 0 bridgehead atoms. The minimum Gasteiger partial charge on any atom is -0.381 e. The van der Waals surface area contributed by atoms with Crippen molar-refractivity contribution in [3.05, 3.63) is 45.0 Å². The first-order chi connectivity index (χ1) is 10.2. The molecule has 5 heteroatoms. The van der Waals surface area contributed by atoms with Crippen LogP contribution in [0, 0.1) is 0 Å². The molecule has 114 valence electrons. The van der Waals surface area contributed by atoms with Crippen LogP contribution in [0.25, 0.3) is 11.0 Å². The van der Waals surface area contributed by atoms with Gasteiger partial charge in [-0.15, -0.1) is 0 Å². The Bertz CT molecular complexity index is 688. The minimum absolute atomic E-state index is 0.497. The van der Waals surface area contributed by atoms with E-state index in [-0.39, 0.29) is 0 Å². The Hall–Kier alpha value is -1.88. The number of aromatic amines is 1. The maximum atomic E-state index is 12.0. The number of ether oxygens (including phenoxy) is 1. The summed E-state index contributed by atoms with van der Waals surface area (Å²) < 4.78 is 7.07. The Morgan fingerprint density at radius 2 is 1.86 bits per heavy atom. The van der Waals surface area contributed by atoms with E-state index in [4.69, 9.17) is 4.74 Å². The van der Waals surface area contributed by atoms with Crippen LogP contribution >= 0.6 is 0 Å². The number of H-pyrrole nitrogens is 1. The number of rotatable bonds is 8. The van der Waals surface area contributed by atoms with Crippen molar-refractivity contribution in [1.82, 2.24) is 9.55 Å². The summed E-state index contributed by atoms with van der Waals surface area (Å²) in [4.78, 5) is 26.2. The standard InChI is InChI=1S/C16H22N2O3/c1-2-3-6-11-21-12-7-10-18-14-9-5-4-8-13(14)17-15(19)16(18)20/h4-5,8-9H,2-3,6-7,10-12H2,1H3,(H,17,19). The number of aryl methyl sites for hydroxylation is 1. The Kier molecular flexibility index (Phi) is 5.75. The third kappa shape index (κ3) is 4.04. The van der Waals surface area contributed by atoms with Crippen LogP contribution in [0.5, 0.6) is 0 Å². The van der Waals surface area contributed by atoms with Crippen LogP contribution in [0.4, 0.5) is 0 Å². The van der Waals surface area contributed by atoms with E-state index in [1.165, 1.54) is 17.4 Å². The highest BCUT2D eigenvalue weighted by Gasteiger charge is 2.06. The van der Waals surface area contributed by atoms with E-state index in [1.54, 1.807) is 6.07 Å². The summed E-state index contributed by atoms with van der Waals surface area (Å²) in [7, 11) is 0. The van der Waals surface area contributed by atoms with Crippen LogP contribution in [0.15, 0.2) is 33.9 Å². The molecule has 1 aromatic heterocycles. The highest BCUT2D eigenvalue weighted by Crippen LogP contribution is 2.07. The number of nitrogens with one attached hydrogen (secondary N) is 1. The van der Waals surface area contributed by atoms with Gasteiger partial charge in [-0.05, 0) is 25.0 Å². The zero-order valence-corrected chi connectivity index (χ0v) is 12.4. The molecule has 0 unspecified atom stereocenters. The summed E-state index contributed by atoms with van der Waals surface area (Å²) in [5.74, 6) is 0. The molecule has 0 saturated heterocycles. The number of benzene rings is 1. The second-order valence-corrected chi connectivity index (χ2v) is 5.10. The van der Waals surface area contributed by atoms with Crippen molar-refractivity contribution in [2.24, 2.45) is 0 Å². The molecule has 0 amide bonds. The third-order valence-corrected chi connectivity index (χ3v) is 3.45. The molecule has 0 atom stereocenters. The van der Waals surface area contributed by atoms with Gasteiger partial charge in [0.1, 0.15) is 0 Å². The molecule has 0 aliphatic carbocycles. The molecule has 0 aliphatic heterocycles. The summed E-state index contributed by atoms with van der Waals surface area (Å²) in [5.41, 5.74) is 0.372. The second-order valence-electron chi connectivity index (χ2n) is 5.10. The van der Waals surface area contributed by atoms with Crippen LogP contribution < -0.4 is 11.1 Å². The SMILES string of the molecule is CCCCCOCCCn1c(=O)c(=O)[nH]c2ccccc21. The molecule has 1 heterocycles. The Morgan fingerprint density at radius 1 is 1.10 bits per heavy atom. The molecule has 0 spiro atoms. The maximum Gasteiger partial charge on any atom is 0.316 e. The number of hydrogen-bond donors (Lipinski definition) is 1. The lowest BCUT2D eigenvalue weighted by Gasteiger charge is -2.09. The van der Waals surface area contributed by atoms with Gasteiger partial charge in [0.05, 0.1) is 11.0 Å². The molecular formula is C16H22N2O3. The molecule has 5 nitrogen and oxygen atoms in total. The maximum absolute atomic E-state index is 12.0. The van der Waals surface area contributed by atoms with E-state index in [0.717, 1.165) is 25.0 Å². The van der Waals surface area contributed by atoms with Gasteiger partial charge in [-0.1, -0.05) is 31.9 Å². The van der Waals surface area contributed by atoms with Crippen LogP contribution in [0.1, 0.15) is 32.6 Å². The predicted octanol–water partition coefficient (Wildman–Crippen LogP) is 2.29. The zero-order chi connectivity index (χ0) is 15.1. The molecule has 0 radical (unpaired) electrons. The highest BCUT2D eigenvalue weighted by atomic mass is 16.5.